The third kappa shape index (κ3) is 9.75. The number of hydrogen-bond donors (Lipinski definition) is 0. The van der Waals surface area contributed by atoms with Crippen LogP contribution in [0.1, 0.15) is 6.42 Å². The Hall–Kier alpha value is -0.340. The highest BCUT2D eigenvalue weighted by Gasteiger charge is 2.00. The van der Waals surface area contributed by atoms with Gasteiger partial charge in [0.2, 0.25) is 0 Å². The molecule has 4 nitrogen and oxygen atoms in total. The number of ether oxygens (including phenoxy) is 3. The highest BCUT2D eigenvalue weighted by atomic mass is 35.5. The molecular weight excluding hydrogens is 206 g/mol. The molecule has 0 heterocycles. The van der Waals surface area contributed by atoms with Crippen molar-refractivity contribution in [1.29, 1.82) is 5.26 Å². The van der Waals surface area contributed by atoms with Crippen molar-refractivity contribution in [1.82, 2.24) is 0 Å². The van der Waals surface area contributed by atoms with Gasteiger partial charge in [-0.15, -0.1) is 11.6 Å². The summed E-state index contributed by atoms with van der Waals surface area (Å²) in [5.41, 5.74) is 0. The molecule has 0 spiro atoms. The van der Waals surface area contributed by atoms with Crippen LogP contribution in [0.15, 0.2) is 0 Å². The molecule has 0 radical (unpaired) electrons. The number of rotatable bonds is 9. The first-order valence-electron chi connectivity index (χ1n) is 4.49. The zero-order valence-corrected chi connectivity index (χ0v) is 9.13. The van der Waals surface area contributed by atoms with E-state index in [0.717, 1.165) is 6.42 Å². The number of methoxy groups -OCH3 is 1. The quantitative estimate of drug-likeness (QED) is 0.434. The molecule has 0 bridgehead atoms. The van der Waals surface area contributed by atoms with Gasteiger partial charge >= 0.3 is 0 Å². The second-order valence-electron chi connectivity index (χ2n) is 2.63. The molecule has 14 heavy (non-hydrogen) atoms. The summed E-state index contributed by atoms with van der Waals surface area (Å²) in [5.74, 6) is 0. The van der Waals surface area contributed by atoms with Gasteiger partial charge in [-0.2, -0.15) is 5.26 Å². The van der Waals surface area contributed by atoms with E-state index in [1.807, 2.05) is 6.07 Å². The minimum Gasteiger partial charge on any atom is -0.385 e. The molecule has 0 saturated carbocycles. The van der Waals surface area contributed by atoms with Crippen molar-refractivity contribution in [3.05, 3.63) is 0 Å². The Morgan fingerprint density at radius 2 is 1.93 bits per heavy atom. The van der Waals surface area contributed by atoms with Gasteiger partial charge < -0.3 is 14.2 Å². The van der Waals surface area contributed by atoms with Gasteiger partial charge in [-0.25, -0.2) is 0 Å². The Morgan fingerprint density at radius 3 is 2.57 bits per heavy atom. The van der Waals surface area contributed by atoms with Gasteiger partial charge in [-0.3, -0.25) is 0 Å². The van der Waals surface area contributed by atoms with Crippen molar-refractivity contribution in [2.75, 3.05) is 40.1 Å². The largest absolute Gasteiger partial charge is 0.385 e. The fourth-order valence-corrected chi connectivity index (χ4v) is 0.838. The lowest BCUT2D eigenvalue weighted by Crippen LogP contribution is -2.11. The van der Waals surface area contributed by atoms with Crippen molar-refractivity contribution < 1.29 is 14.2 Å². The molecule has 0 fully saturated rings. The number of alkyl halides is 1. The predicted molar refractivity (Wildman–Crippen MR) is 53.4 cm³/mol. The maximum absolute atomic E-state index is 8.33. The molecule has 0 amide bonds. The second kappa shape index (κ2) is 10.7. The molecule has 0 aliphatic rings. The van der Waals surface area contributed by atoms with Gasteiger partial charge in [0.25, 0.3) is 0 Å². The van der Waals surface area contributed by atoms with E-state index in [-0.39, 0.29) is 6.61 Å². The molecule has 0 rings (SSSR count). The van der Waals surface area contributed by atoms with Gasteiger partial charge in [0.05, 0.1) is 25.9 Å². The summed E-state index contributed by atoms with van der Waals surface area (Å²) in [4.78, 5) is 0. The third-order valence-corrected chi connectivity index (χ3v) is 1.64. The maximum Gasteiger partial charge on any atom is 0.143 e. The average Bonchev–Trinajstić information content (AvgIpc) is 2.21. The van der Waals surface area contributed by atoms with E-state index in [4.69, 9.17) is 31.1 Å². The highest BCUT2D eigenvalue weighted by Crippen LogP contribution is 1.93. The van der Waals surface area contributed by atoms with Crippen LogP contribution in [-0.4, -0.2) is 45.5 Å². The van der Waals surface area contributed by atoms with Crippen molar-refractivity contribution in [2.45, 2.75) is 11.8 Å². The smallest absolute Gasteiger partial charge is 0.143 e. The third-order valence-electron chi connectivity index (χ3n) is 1.41. The van der Waals surface area contributed by atoms with Crippen LogP contribution in [0.4, 0.5) is 0 Å². The Balaban J connectivity index is 2.96. The van der Waals surface area contributed by atoms with Crippen molar-refractivity contribution >= 4 is 11.6 Å². The lowest BCUT2D eigenvalue weighted by molar-refractivity contribution is 0.0422. The van der Waals surface area contributed by atoms with Crippen LogP contribution < -0.4 is 0 Å². The standard InChI is InChI=1S/C9H16ClNO3/c1-12-3-2-4-13-5-6-14-8-9(10)7-11/h9H,2-6,8H2,1H3. The van der Waals surface area contributed by atoms with E-state index >= 15 is 0 Å². The molecule has 0 aromatic heterocycles. The summed E-state index contributed by atoms with van der Waals surface area (Å²) in [6, 6.07) is 1.87. The topological polar surface area (TPSA) is 51.5 Å². The van der Waals surface area contributed by atoms with E-state index in [9.17, 15) is 0 Å². The highest BCUT2D eigenvalue weighted by molar-refractivity contribution is 6.22. The summed E-state index contributed by atoms with van der Waals surface area (Å²) in [7, 11) is 1.66. The summed E-state index contributed by atoms with van der Waals surface area (Å²) in [6.45, 7) is 2.62. The molecule has 0 aliphatic carbocycles. The lowest BCUT2D eigenvalue weighted by Gasteiger charge is -2.05. The number of hydrogen-bond acceptors (Lipinski definition) is 4. The van der Waals surface area contributed by atoms with Crippen LogP contribution in [0.3, 0.4) is 0 Å². The molecule has 82 valence electrons. The first kappa shape index (κ1) is 13.7. The van der Waals surface area contributed by atoms with Gasteiger partial charge in [-0.05, 0) is 6.42 Å². The van der Waals surface area contributed by atoms with E-state index in [1.54, 1.807) is 7.11 Å². The minimum absolute atomic E-state index is 0.249. The van der Waals surface area contributed by atoms with Crippen molar-refractivity contribution in [3.8, 4) is 6.07 Å². The summed E-state index contributed by atoms with van der Waals surface area (Å²) < 4.78 is 15.2. The van der Waals surface area contributed by atoms with E-state index in [1.165, 1.54) is 0 Å². The average molecular weight is 222 g/mol. The number of halogens is 1. The van der Waals surface area contributed by atoms with Crippen LogP contribution >= 0.6 is 11.6 Å². The molecule has 0 N–H and O–H groups in total. The Kier molecular flexibility index (Phi) is 10.5. The van der Waals surface area contributed by atoms with Gasteiger partial charge in [-0.1, -0.05) is 0 Å². The number of nitrogens with zero attached hydrogens (tertiary/aromatic N) is 1. The van der Waals surface area contributed by atoms with Crippen LogP contribution in [0, 0.1) is 11.3 Å². The maximum atomic E-state index is 8.33. The van der Waals surface area contributed by atoms with Crippen molar-refractivity contribution in [3.63, 3.8) is 0 Å². The van der Waals surface area contributed by atoms with Crippen LogP contribution in [0.2, 0.25) is 0 Å². The second-order valence-corrected chi connectivity index (χ2v) is 3.16. The van der Waals surface area contributed by atoms with Gasteiger partial charge in [0.15, 0.2) is 0 Å². The van der Waals surface area contributed by atoms with Gasteiger partial charge in [0, 0.05) is 20.3 Å². The molecule has 5 heteroatoms. The SMILES string of the molecule is COCCCOCCOCC(Cl)C#N. The summed E-state index contributed by atoms with van der Waals surface area (Å²) >= 11 is 5.50. The van der Waals surface area contributed by atoms with E-state index in [0.29, 0.717) is 26.4 Å². The zero-order valence-electron chi connectivity index (χ0n) is 8.37. The molecule has 0 aromatic carbocycles. The molecule has 1 unspecified atom stereocenters. The summed E-state index contributed by atoms with van der Waals surface area (Å²) in [5, 5.41) is 7.76. The van der Waals surface area contributed by atoms with Gasteiger partial charge in [0.1, 0.15) is 5.38 Å². The lowest BCUT2D eigenvalue weighted by atomic mass is 10.5. The molecule has 0 aromatic rings. The zero-order chi connectivity index (χ0) is 10.6. The predicted octanol–water partition coefficient (Wildman–Crippen LogP) is 1.19. The first-order valence-corrected chi connectivity index (χ1v) is 4.93. The normalized spacial score (nSPS) is 12.4. The molecular formula is C9H16ClNO3. The Bertz CT molecular complexity index is 161. The minimum atomic E-state index is -0.566. The van der Waals surface area contributed by atoms with Crippen LogP contribution in [0.25, 0.3) is 0 Å². The summed E-state index contributed by atoms with van der Waals surface area (Å²) in [6.07, 6.45) is 0.882. The number of nitriles is 1. The molecule has 1 atom stereocenters. The fraction of sp³-hybridized carbons (Fsp3) is 0.889. The van der Waals surface area contributed by atoms with Crippen molar-refractivity contribution in [2.24, 2.45) is 0 Å². The molecule has 0 aliphatic heterocycles. The van der Waals surface area contributed by atoms with E-state index < -0.39 is 5.38 Å². The Labute approximate surface area is 89.7 Å². The monoisotopic (exact) mass is 221 g/mol. The van der Waals surface area contributed by atoms with E-state index in [2.05, 4.69) is 0 Å². The van der Waals surface area contributed by atoms with Crippen LogP contribution in [-0.2, 0) is 14.2 Å². The van der Waals surface area contributed by atoms with Crippen LogP contribution in [0.5, 0.6) is 0 Å². The Morgan fingerprint density at radius 1 is 1.21 bits per heavy atom. The first-order chi connectivity index (χ1) is 6.81. The molecule has 0 saturated heterocycles. The fourth-order valence-electron chi connectivity index (χ4n) is 0.749.